The molecule has 44 heavy (non-hydrogen) atoms. The van der Waals surface area contributed by atoms with Crippen molar-refractivity contribution in [2.45, 2.75) is 45.8 Å². The molecule has 0 saturated heterocycles. The summed E-state index contributed by atoms with van der Waals surface area (Å²) >= 11 is 1.26. The largest absolute Gasteiger partial charge is 0.491 e. The number of benzene rings is 1. The molecule has 1 aromatic carbocycles. The highest BCUT2D eigenvalue weighted by molar-refractivity contribution is 7.17. The van der Waals surface area contributed by atoms with Gasteiger partial charge in [0.1, 0.15) is 35.5 Å². The molecule has 15 heteroatoms. The van der Waals surface area contributed by atoms with Crippen molar-refractivity contribution in [3.8, 4) is 5.75 Å². The first-order valence-corrected chi connectivity index (χ1v) is 15.2. The number of hydrogen-bond donors (Lipinski definition) is 2. The Bertz CT molecular complexity index is 1720. The summed E-state index contributed by atoms with van der Waals surface area (Å²) in [5, 5.41) is 15.6. The van der Waals surface area contributed by atoms with Gasteiger partial charge in [-0.2, -0.15) is 0 Å². The van der Waals surface area contributed by atoms with Crippen LogP contribution in [0.5, 0.6) is 5.75 Å². The summed E-state index contributed by atoms with van der Waals surface area (Å²) in [5.41, 5.74) is 0.875. The minimum absolute atomic E-state index is 0.0332. The molecule has 0 saturated carbocycles. The van der Waals surface area contributed by atoms with Crippen molar-refractivity contribution in [1.82, 2.24) is 40.1 Å². The fourth-order valence-electron chi connectivity index (χ4n) is 4.84. The Balaban J connectivity index is 1.37. The van der Waals surface area contributed by atoms with Crippen molar-refractivity contribution in [1.29, 1.82) is 0 Å². The molecule has 4 heterocycles. The van der Waals surface area contributed by atoms with Crippen molar-refractivity contribution in [2.75, 3.05) is 26.2 Å². The van der Waals surface area contributed by atoms with E-state index in [1.54, 1.807) is 27.2 Å². The van der Waals surface area contributed by atoms with Gasteiger partial charge < -0.3 is 20.3 Å². The maximum atomic E-state index is 14.1. The van der Waals surface area contributed by atoms with Crippen molar-refractivity contribution >= 4 is 39.3 Å². The molecule has 1 aliphatic heterocycles. The normalized spacial score (nSPS) is 16.9. The number of thiophene rings is 1. The molecule has 0 spiro atoms. The van der Waals surface area contributed by atoms with Crippen LogP contribution < -0.4 is 20.9 Å². The predicted octanol–water partition coefficient (Wildman–Crippen LogP) is 1.61. The van der Waals surface area contributed by atoms with Crippen LogP contribution in [0.4, 0.5) is 4.39 Å². The van der Waals surface area contributed by atoms with Gasteiger partial charge in [0.25, 0.3) is 11.5 Å². The lowest BCUT2D eigenvalue weighted by Crippen LogP contribution is -2.49. The maximum absolute atomic E-state index is 14.1. The van der Waals surface area contributed by atoms with E-state index >= 15 is 0 Å². The third-order valence-electron chi connectivity index (χ3n) is 7.09. The lowest BCUT2D eigenvalue weighted by Gasteiger charge is -2.25. The van der Waals surface area contributed by atoms with E-state index in [4.69, 9.17) is 4.74 Å². The number of amides is 3. The minimum atomic E-state index is -0.909. The molecule has 5 rings (SSSR count). The fraction of sp³-hybridized carbons (Fsp3) is 0.414. The molecule has 3 amide bonds. The summed E-state index contributed by atoms with van der Waals surface area (Å²) in [7, 11) is 0. The van der Waals surface area contributed by atoms with Crippen LogP contribution in [-0.4, -0.2) is 79.4 Å². The van der Waals surface area contributed by atoms with Crippen LogP contribution >= 0.6 is 11.3 Å². The first-order valence-electron chi connectivity index (χ1n) is 14.3. The van der Waals surface area contributed by atoms with Crippen LogP contribution in [0.15, 0.2) is 47.0 Å². The Hall–Kier alpha value is -4.66. The lowest BCUT2D eigenvalue weighted by molar-refractivity contribution is -0.132. The molecule has 0 unspecified atom stereocenters. The lowest BCUT2D eigenvalue weighted by atomic mass is 10.0. The van der Waals surface area contributed by atoms with E-state index in [2.05, 4.69) is 25.9 Å². The predicted molar refractivity (Wildman–Crippen MR) is 160 cm³/mol. The quantitative estimate of drug-likeness (QED) is 0.347. The highest BCUT2D eigenvalue weighted by Gasteiger charge is 2.25. The zero-order chi connectivity index (χ0) is 31.2. The van der Waals surface area contributed by atoms with E-state index in [1.807, 2.05) is 13.8 Å². The molecule has 232 valence electrons. The van der Waals surface area contributed by atoms with Crippen LogP contribution in [0.2, 0.25) is 0 Å². The van der Waals surface area contributed by atoms with Crippen molar-refractivity contribution in [3.63, 3.8) is 0 Å². The van der Waals surface area contributed by atoms with Crippen LogP contribution in [0.3, 0.4) is 0 Å². The molecular weight excluding hydrogens is 591 g/mol. The second-order valence-electron chi connectivity index (χ2n) is 10.9. The topological polar surface area (TPSA) is 153 Å². The van der Waals surface area contributed by atoms with Gasteiger partial charge in [-0.3, -0.25) is 23.7 Å². The van der Waals surface area contributed by atoms with Crippen LogP contribution in [0.1, 0.15) is 36.3 Å². The molecule has 2 bridgehead atoms. The SMILES string of the molecule is CC(C)C[C@H]1NC(=O)c2cc(F)ccc2OCCn2cc(nn2)CCN(C(=O)Cn2cnc3ccsc3c2=O)CCNC1=O. The number of ether oxygens (including phenoxy) is 1. The molecule has 0 radical (unpaired) electrons. The summed E-state index contributed by atoms with van der Waals surface area (Å²) in [6.07, 6.45) is 3.80. The first-order chi connectivity index (χ1) is 21.2. The number of hydrogen-bond acceptors (Lipinski definition) is 9. The number of carbonyl (C=O) groups is 3. The molecule has 1 atom stereocenters. The second-order valence-corrected chi connectivity index (χ2v) is 11.8. The van der Waals surface area contributed by atoms with Crippen LogP contribution in [-0.2, 0) is 29.1 Å². The summed E-state index contributed by atoms with van der Waals surface area (Å²) in [4.78, 5) is 58.6. The Labute approximate surface area is 256 Å². The first kappa shape index (κ1) is 30.8. The van der Waals surface area contributed by atoms with Gasteiger partial charge in [0.2, 0.25) is 11.8 Å². The molecule has 13 nitrogen and oxygen atoms in total. The fourth-order valence-corrected chi connectivity index (χ4v) is 5.63. The third kappa shape index (κ3) is 7.45. The Morgan fingerprint density at radius 3 is 2.84 bits per heavy atom. The number of carbonyl (C=O) groups excluding carboxylic acids is 3. The smallest absolute Gasteiger partial charge is 0.271 e. The molecule has 0 fully saturated rings. The number of nitrogens with zero attached hydrogens (tertiary/aromatic N) is 6. The highest BCUT2D eigenvalue weighted by atomic mass is 32.1. The van der Waals surface area contributed by atoms with Gasteiger partial charge in [-0.05, 0) is 42.0 Å². The van der Waals surface area contributed by atoms with E-state index in [0.29, 0.717) is 35.3 Å². The number of nitrogens with one attached hydrogen (secondary N) is 2. The van der Waals surface area contributed by atoms with Gasteiger partial charge in [0, 0.05) is 32.3 Å². The Kier molecular flexibility index (Phi) is 9.62. The maximum Gasteiger partial charge on any atom is 0.271 e. The van der Waals surface area contributed by atoms with Crippen molar-refractivity contribution < 1.29 is 23.5 Å². The van der Waals surface area contributed by atoms with Gasteiger partial charge in [0.15, 0.2) is 0 Å². The Morgan fingerprint density at radius 1 is 1.18 bits per heavy atom. The number of fused-ring (bicyclic) bond motifs is 4. The summed E-state index contributed by atoms with van der Waals surface area (Å²) < 4.78 is 23.3. The van der Waals surface area contributed by atoms with Gasteiger partial charge >= 0.3 is 0 Å². The summed E-state index contributed by atoms with van der Waals surface area (Å²) in [6, 6.07) is 4.48. The van der Waals surface area contributed by atoms with Crippen molar-refractivity contribution in [3.05, 3.63) is 69.6 Å². The second kappa shape index (κ2) is 13.8. The number of rotatable bonds is 4. The standard InChI is InChI=1S/C29H33FN8O5S/c1-18(2)13-23-28(41)31-7-9-36(25(39)16-37-17-32-22-6-12-44-26(22)29(37)42)8-5-20-15-38(35-34-20)10-11-43-24-4-3-19(30)14-21(24)27(40)33-23/h3-4,6,12,14-15,17-18,23H,5,7-11,13,16H2,1-2H3,(H,31,41)(H,33,40)/t23-/m1/s1. The molecule has 4 aromatic rings. The zero-order valence-electron chi connectivity index (χ0n) is 24.4. The summed E-state index contributed by atoms with van der Waals surface area (Å²) in [5.74, 6) is -1.80. The Morgan fingerprint density at radius 2 is 2.02 bits per heavy atom. The van der Waals surface area contributed by atoms with Crippen molar-refractivity contribution in [2.24, 2.45) is 5.92 Å². The van der Waals surface area contributed by atoms with Gasteiger partial charge in [-0.1, -0.05) is 19.1 Å². The molecule has 0 aliphatic carbocycles. The van der Waals surface area contributed by atoms with E-state index in [-0.39, 0.29) is 61.5 Å². The van der Waals surface area contributed by atoms with Crippen LogP contribution in [0, 0.1) is 11.7 Å². The van der Waals surface area contributed by atoms with Gasteiger partial charge in [0.05, 0.1) is 29.6 Å². The van der Waals surface area contributed by atoms with E-state index in [9.17, 15) is 23.6 Å². The zero-order valence-corrected chi connectivity index (χ0v) is 25.2. The average molecular weight is 625 g/mol. The molecule has 2 N–H and O–H groups in total. The third-order valence-corrected chi connectivity index (χ3v) is 7.98. The van der Waals surface area contributed by atoms with E-state index in [0.717, 1.165) is 6.07 Å². The monoisotopic (exact) mass is 624 g/mol. The summed E-state index contributed by atoms with van der Waals surface area (Å²) in [6.45, 7) is 4.53. The number of halogens is 1. The number of aromatic nitrogens is 5. The average Bonchev–Trinajstić information content (AvgIpc) is 3.66. The molecule has 3 aromatic heterocycles. The van der Waals surface area contributed by atoms with E-state index < -0.39 is 23.7 Å². The highest BCUT2D eigenvalue weighted by Crippen LogP contribution is 2.21. The van der Waals surface area contributed by atoms with E-state index in [1.165, 1.54) is 34.4 Å². The molecular formula is C29H33FN8O5S. The molecule has 1 aliphatic rings. The van der Waals surface area contributed by atoms with Gasteiger partial charge in [-0.25, -0.2) is 14.1 Å². The van der Waals surface area contributed by atoms with Gasteiger partial charge in [-0.15, -0.1) is 16.4 Å². The van der Waals surface area contributed by atoms with Crippen LogP contribution in [0.25, 0.3) is 10.2 Å². The minimum Gasteiger partial charge on any atom is -0.491 e.